The lowest BCUT2D eigenvalue weighted by Crippen LogP contribution is -2.14. The van der Waals surface area contributed by atoms with Gasteiger partial charge in [-0.3, -0.25) is 9.78 Å². The number of pyridine rings is 2. The smallest absolute Gasteiger partial charge is 0.258 e. The largest absolute Gasteiger partial charge is 0.370 e. The summed E-state index contributed by atoms with van der Waals surface area (Å²) in [6, 6.07) is 14.1. The van der Waals surface area contributed by atoms with Crippen molar-refractivity contribution in [3.8, 4) is 11.3 Å². The van der Waals surface area contributed by atoms with Gasteiger partial charge in [0.2, 0.25) is 0 Å². The summed E-state index contributed by atoms with van der Waals surface area (Å²) in [5.74, 6) is 0.223. The highest BCUT2D eigenvalue weighted by molar-refractivity contribution is 6.34. The van der Waals surface area contributed by atoms with Crippen LogP contribution in [0, 0.1) is 0 Å². The first kappa shape index (κ1) is 20.8. The molecule has 1 amide bonds. The first-order chi connectivity index (χ1) is 15.1. The van der Waals surface area contributed by atoms with Crippen LogP contribution in [0.5, 0.6) is 0 Å². The van der Waals surface area contributed by atoms with Gasteiger partial charge in [-0.05, 0) is 42.5 Å². The summed E-state index contributed by atoms with van der Waals surface area (Å²) >= 11 is 12.6. The number of hydrogen-bond donors (Lipinski definition) is 3. The standard InChI is InChI=1S/C22H18Cl2N6O/c23-18-6-4-14(11-17(18)19-3-1-2-9-26-19)29-22(31)16-5-7-20(30-21(16)24)27-10-8-15-12-25-13-28-15/h1-7,9,11-13H,8,10H2,(H,25,28)(H,27,30)(H,29,31). The zero-order valence-electron chi connectivity index (χ0n) is 16.3. The van der Waals surface area contributed by atoms with Gasteiger partial charge in [0.05, 0.1) is 22.6 Å². The number of carbonyl (C=O) groups excluding carboxylic acids is 1. The molecule has 0 unspecified atom stereocenters. The Morgan fingerprint density at radius 2 is 2.00 bits per heavy atom. The Kier molecular flexibility index (Phi) is 6.45. The third kappa shape index (κ3) is 5.20. The van der Waals surface area contributed by atoms with Crippen LogP contribution in [0.4, 0.5) is 11.5 Å². The molecule has 0 aliphatic heterocycles. The van der Waals surface area contributed by atoms with E-state index in [1.807, 2.05) is 18.2 Å². The molecule has 0 aliphatic carbocycles. The molecule has 0 saturated heterocycles. The third-order valence-corrected chi connectivity index (χ3v) is 5.13. The molecule has 9 heteroatoms. The molecule has 0 atom stereocenters. The lowest BCUT2D eigenvalue weighted by Gasteiger charge is -2.11. The van der Waals surface area contributed by atoms with Crippen LogP contribution >= 0.6 is 23.2 Å². The number of halogens is 2. The maximum atomic E-state index is 12.7. The molecular formula is C22H18Cl2N6O. The monoisotopic (exact) mass is 452 g/mol. The maximum Gasteiger partial charge on any atom is 0.258 e. The number of hydrogen-bond acceptors (Lipinski definition) is 5. The van der Waals surface area contributed by atoms with Crippen LogP contribution < -0.4 is 10.6 Å². The summed E-state index contributed by atoms with van der Waals surface area (Å²) < 4.78 is 0. The minimum absolute atomic E-state index is 0.114. The number of benzene rings is 1. The maximum absolute atomic E-state index is 12.7. The van der Waals surface area contributed by atoms with E-state index in [1.165, 1.54) is 0 Å². The molecule has 0 bridgehead atoms. The molecule has 3 N–H and O–H groups in total. The molecule has 3 aromatic heterocycles. The first-order valence-electron chi connectivity index (χ1n) is 9.50. The van der Waals surface area contributed by atoms with E-state index in [2.05, 4.69) is 30.6 Å². The Balaban J connectivity index is 1.44. The molecule has 156 valence electrons. The number of anilines is 2. The number of aromatic amines is 1. The van der Waals surface area contributed by atoms with E-state index in [1.54, 1.807) is 49.1 Å². The van der Waals surface area contributed by atoms with Crippen molar-refractivity contribution in [3.63, 3.8) is 0 Å². The highest BCUT2D eigenvalue weighted by Crippen LogP contribution is 2.29. The Bertz CT molecular complexity index is 1180. The zero-order valence-corrected chi connectivity index (χ0v) is 17.8. The second kappa shape index (κ2) is 9.59. The van der Waals surface area contributed by atoms with Crippen molar-refractivity contribution in [2.45, 2.75) is 6.42 Å². The van der Waals surface area contributed by atoms with Crippen LogP contribution in [0.15, 0.2) is 67.3 Å². The van der Waals surface area contributed by atoms with Crippen LogP contribution in [0.3, 0.4) is 0 Å². The van der Waals surface area contributed by atoms with E-state index in [9.17, 15) is 4.79 Å². The fraction of sp³-hybridized carbons (Fsp3) is 0.0909. The zero-order chi connectivity index (χ0) is 21.6. The third-order valence-electron chi connectivity index (χ3n) is 4.51. The van der Waals surface area contributed by atoms with E-state index in [0.717, 1.165) is 17.7 Å². The average molecular weight is 453 g/mol. The second-order valence-corrected chi connectivity index (χ2v) is 7.42. The van der Waals surface area contributed by atoms with Crippen LogP contribution in [-0.2, 0) is 6.42 Å². The molecule has 3 heterocycles. The van der Waals surface area contributed by atoms with Crippen molar-refractivity contribution in [3.05, 3.63) is 88.7 Å². The number of nitrogens with zero attached hydrogens (tertiary/aromatic N) is 3. The van der Waals surface area contributed by atoms with Gasteiger partial charge in [-0.1, -0.05) is 29.3 Å². The summed E-state index contributed by atoms with van der Waals surface area (Å²) in [4.78, 5) is 28.3. The van der Waals surface area contributed by atoms with E-state index >= 15 is 0 Å². The Labute approximate surface area is 188 Å². The molecule has 0 fully saturated rings. The van der Waals surface area contributed by atoms with Gasteiger partial charge in [0.1, 0.15) is 11.0 Å². The Morgan fingerprint density at radius 1 is 1.10 bits per heavy atom. The van der Waals surface area contributed by atoms with E-state index in [4.69, 9.17) is 23.2 Å². The second-order valence-electron chi connectivity index (χ2n) is 6.65. The fourth-order valence-corrected chi connectivity index (χ4v) is 3.42. The molecule has 0 aliphatic rings. The Hall–Kier alpha value is -3.42. The molecule has 0 radical (unpaired) electrons. The van der Waals surface area contributed by atoms with E-state index in [0.29, 0.717) is 28.8 Å². The number of aromatic nitrogens is 4. The molecule has 31 heavy (non-hydrogen) atoms. The fourth-order valence-electron chi connectivity index (χ4n) is 2.97. The van der Waals surface area contributed by atoms with Crippen LogP contribution in [0.2, 0.25) is 10.2 Å². The number of rotatable bonds is 7. The SMILES string of the molecule is O=C(Nc1ccc(Cl)c(-c2ccccn2)c1)c1ccc(NCCc2cnc[nH]2)nc1Cl. The summed E-state index contributed by atoms with van der Waals surface area (Å²) in [6.45, 7) is 0.651. The van der Waals surface area contributed by atoms with Crippen LogP contribution in [0.25, 0.3) is 11.3 Å². The van der Waals surface area contributed by atoms with E-state index < -0.39 is 0 Å². The summed E-state index contributed by atoms with van der Waals surface area (Å²) in [6.07, 6.45) is 5.85. The molecule has 4 aromatic rings. The van der Waals surface area contributed by atoms with Crippen LogP contribution in [-0.4, -0.2) is 32.4 Å². The van der Waals surface area contributed by atoms with Gasteiger partial charge in [0, 0.05) is 42.3 Å². The van der Waals surface area contributed by atoms with Crippen molar-refractivity contribution in [1.29, 1.82) is 0 Å². The molecule has 4 rings (SSSR count). The number of H-pyrrole nitrogens is 1. The lowest BCUT2D eigenvalue weighted by molar-refractivity contribution is 0.102. The van der Waals surface area contributed by atoms with Crippen molar-refractivity contribution in [1.82, 2.24) is 19.9 Å². The topological polar surface area (TPSA) is 95.6 Å². The minimum atomic E-state index is -0.365. The number of nitrogens with one attached hydrogen (secondary N) is 3. The molecule has 0 spiro atoms. The first-order valence-corrected chi connectivity index (χ1v) is 10.3. The van der Waals surface area contributed by atoms with Crippen molar-refractivity contribution in [2.24, 2.45) is 0 Å². The van der Waals surface area contributed by atoms with Crippen molar-refractivity contribution >= 4 is 40.6 Å². The highest BCUT2D eigenvalue weighted by Gasteiger charge is 2.14. The Morgan fingerprint density at radius 3 is 2.74 bits per heavy atom. The van der Waals surface area contributed by atoms with Gasteiger partial charge >= 0.3 is 0 Å². The predicted molar refractivity (Wildman–Crippen MR) is 123 cm³/mol. The lowest BCUT2D eigenvalue weighted by atomic mass is 10.1. The molecule has 1 aromatic carbocycles. The van der Waals surface area contributed by atoms with Gasteiger partial charge in [-0.25, -0.2) is 9.97 Å². The van der Waals surface area contributed by atoms with Gasteiger partial charge < -0.3 is 15.6 Å². The predicted octanol–water partition coefficient (Wildman–Crippen LogP) is 5.08. The van der Waals surface area contributed by atoms with E-state index in [-0.39, 0.29) is 16.6 Å². The van der Waals surface area contributed by atoms with Gasteiger partial charge in [-0.15, -0.1) is 0 Å². The molecule has 0 saturated carbocycles. The minimum Gasteiger partial charge on any atom is -0.370 e. The van der Waals surface area contributed by atoms with Crippen molar-refractivity contribution < 1.29 is 4.79 Å². The number of carbonyl (C=O) groups is 1. The normalized spacial score (nSPS) is 10.6. The van der Waals surface area contributed by atoms with Crippen molar-refractivity contribution in [2.75, 3.05) is 17.2 Å². The van der Waals surface area contributed by atoms with Gasteiger partial charge in [-0.2, -0.15) is 0 Å². The summed E-state index contributed by atoms with van der Waals surface area (Å²) in [5.41, 5.74) is 3.31. The quantitative estimate of drug-likeness (QED) is 0.339. The average Bonchev–Trinajstić information content (AvgIpc) is 3.29. The molecule has 7 nitrogen and oxygen atoms in total. The summed E-state index contributed by atoms with van der Waals surface area (Å²) in [7, 11) is 0. The van der Waals surface area contributed by atoms with Gasteiger partial charge in [0.15, 0.2) is 0 Å². The summed E-state index contributed by atoms with van der Waals surface area (Å²) in [5, 5.41) is 6.67. The number of amides is 1. The number of imidazole rings is 1. The molecular weight excluding hydrogens is 435 g/mol. The highest BCUT2D eigenvalue weighted by atomic mass is 35.5. The van der Waals surface area contributed by atoms with Gasteiger partial charge in [0.25, 0.3) is 5.91 Å². The van der Waals surface area contributed by atoms with Crippen LogP contribution in [0.1, 0.15) is 16.1 Å².